The predicted molar refractivity (Wildman–Crippen MR) is 58.6 cm³/mol. The van der Waals surface area contributed by atoms with Crippen molar-refractivity contribution in [3.63, 3.8) is 0 Å². The Labute approximate surface area is 98.3 Å². The van der Waals surface area contributed by atoms with Gasteiger partial charge >= 0.3 is 0 Å². The van der Waals surface area contributed by atoms with Gasteiger partial charge in [-0.3, -0.25) is 4.79 Å². The summed E-state index contributed by atoms with van der Waals surface area (Å²) in [6.45, 7) is 1.32. The second-order valence-electron chi connectivity index (χ2n) is 3.05. The van der Waals surface area contributed by atoms with Gasteiger partial charge in [-0.25, -0.2) is 0 Å². The maximum Gasteiger partial charge on any atom is 0.256 e. The predicted octanol–water partition coefficient (Wildman–Crippen LogP) is 1.06. The van der Waals surface area contributed by atoms with Gasteiger partial charge in [-0.15, -0.1) is 0 Å². The Morgan fingerprint density at radius 1 is 1.56 bits per heavy atom. The summed E-state index contributed by atoms with van der Waals surface area (Å²) in [7, 11) is 0. The minimum absolute atomic E-state index is 0.0109. The minimum atomic E-state index is -0.263. The fraction of sp³-hybridized carbons (Fsp3) is 0.500. The van der Waals surface area contributed by atoms with Crippen molar-refractivity contribution in [1.82, 2.24) is 5.32 Å². The van der Waals surface area contributed by atoms with Gasteiger partial charge in [0, 0.05) is 13.2 Å². The molecule has 0 unspecified atom stereocenters. The van der Waals surface area contributed by atoms with Crippen molar-refractivity contribution in [2.24, 2.45) is 0 Å². The molecule has 0 bridgehead atoms. The van der Waals surface area contributed by atoms with Crippen LogP contribution >= 0.6 is 11.6 Å². The standard InChI is InChI=1S/C10H14ClNO4/c11-9-8(2-6-16-9)10(14)12-3-1-5-15-7-4-13/h2,6,13H,1,3-5,7H2,(H,12,14). The number of rotatable bonds is 7. The lowest BCUT2D eigenvalue weighted by Gasteiger charge is -2.04. The summed E-state index contributed by atoms with van der Waals surface area (Å²) >= 11 is 5.64. The zero-order valence-electron chi connectivity index (χ0n) is 8.74. The van der Waals surface area contributed by atoms with Crippen molar-refractivity contribution >= 4 is 17.5 Å². The third-order valence-electron chi connectivity index (χ3n) is 1.85. The van der Waals surface area contributed by atoms with Crippen LogP contribution in [0.15, 0.2) is 16.7 Å². The fourth-order valence-corrected chi connectivity index (χ4v) is 1.29. The van der Waals surface area contributed by atoms with E-state index in [9.17, 15) is 4.79 Å². The Balaban J connectivity index is 2.14. The maximum absolute atomic E-state index is 11.5. The highest BCUT2D eigenvalue weighted by molar-refractivity contribution is 6.32. The van der Waals surface area contributed by atoms with Crippen LogP contribution in [0.5, 0.6) is 0 Å². The van der Waals surface area contributed by atoms with E-state index in [1.807, 2.05) is 0 Å². The summed E-state index contributed by atoms with van der Waals surface area (Å²) in [5.41, 5.74) is 0.331. The largest absolute Gasteiger partial charge is 0.452 e. The molecule has 1 aromatic rings. The van der Waals surface area contributed by atoms with Crippen LogP contribution in [0.2, 0.25) is 5.22 Å². The highest BCUT2D eigenvalue weighted by Crippen LogP contribution is 2.15. The average Bonchev–Trinajstić information content (AvgIpc) is 2.69. The smallest absolute Gasteiger partial charge is 0.256 e. The number of ether oxygens (including phenoxy) is 1. The van der Waals surface area contributed by atoms with Crippen molar-refractivity contribution in [3.8, 4) is 0 Å². The van der Waals surface area contributed by atoms with Gasteiger partial charge < -0.3 is 19.6 Å². The lowest BCUT2D eigenvalue weighted by molar-refractivity contribution is 0.0867. The number of carbonyl (C=O) groups is 1. The molecule has 1 heterocycles. The first-order valence-corrected chi connectivity index (χ1v) is 5.33. The lowest BCUT2D eigenvalue weighted by Crippen LogP contribution is -2.25. The molecule has 90 valence electrons. The molecule has 0 fully saturated rings. The quantitative estimate of drug-likeness (QED) is 0.707. The van der Waals surface area contributed by atoms with Crippen LogP contribution in [0.4, 0.5) is 0 Å². The molecule has 0 saturated carbocycles. The molecule has 0 radical (unpaired) electrons. The van der Waals surface area contributed by atoms with Gasteiger partial charge in [0.25, 0.3) is 5.91 Å². The summed E-state index contributed by atoms with van der Waals surface area (Å²) in [6, 6.07) is 1.51. The summed E-state index contributed by atoms with van der Waals surface area (Å²) < 4.78 is 9.83. The number of aliphatic hydroxyl groups is 1. The molecule has 5 nitrogen and oxygen atoms in total. The van der Waals surface area contributed by atoms with Gasteiger partial charge in [0.05, 0.1) is 25.0 Å². The van der Waals surface area contributed by atoms with Crippen molar-refractivity contribution in [2.75, 3.05) is 26.4 Å². The lowest BCUT2D eigenvalue weighted by atomic mass is 10.3. The van der Waals surface area contributed by atoms with Gasteiger partial charge in [-0.1, -0.05) is 0 Å². The van der Waals surface area contributed by atoms with Gasteiger partial charge in [-0.2, -0.15) is 0 Å². The normalized spacial score (nSPS) is 10.4. The van der Waals surface area contributed by atoms with Crippen molar-refractivity contribution in [1.29, 1.82) is 0 Å². The first-order chi connectivity index (χ1) is 7.75. The first kappa shape index (κ1) is 13.0. The van der Waals surface area contributed by atoms with Crippen molar-refractivity contribution < 1.29 is 19.1 Å². The van der Waals surface area contributed by atoms with Crippen LogP contribution in [0.1, 0.15) is 16.8 Å². The van der Waals surface area contributed by atoms with E-state index in [-0.39, 0.29) is 17.7 Å². The molecule has 16 heavy (non-hydrogen) atoms. The van der Waals surface area contributed by atoms with E-state index in [0.717, 1.165) is 0 Å². The van der Waals surface area contributed by atoms with Crippen LogP contribution in [0, 0.1) is 0 Å². The highest BCUT2D eigenvalue weighted by Gasteiger charge is 2.11. The molecular formula is C10H14ClNO4. The molecule has 1 amide bonds. The van der Waals surface area contributed by atoms with Gasteiger partial charge in [0.15, 0.2) is 0 Å². The molecule has 0 spiro atoms. The van der Waals surface area contributed by atoms with E-state index >= 15 is 0 Å². The van der Waals surface area contributed by atoms with E-state index in [0.29, 0.717) is 31.7 Å². The third kappa shape index (κ3) is 4.22. The molecular weight excluding hydrogens is 234 g/mol. The Bertz CT molecular complexity index is 326. The number of amides is 1. The Morgan fingerprint density at radius 2 is 2.38 bits per heavy atom. The third-order valence-corrected chi connectivity index (χ3v) is 2.14. The number of furan rings is 1. The van der Waals surface area contributed by atoms with Crippen molar-refractivity contribution in [3.05, 3.63) is 23.1 Å². The van der Waals surface area contributed by atoms with E-state index in [1.165, 1.54) is 12.3 Å². The van der Waals surface area contributed by atoms with E-state index < -0.39 is 0 Å². The van der Waals surface area contributed by atoms with Crippen molar-refractivity contribution in [2.45, 2.75) is 6.42 Å². The first-order valence-electron chi connectivity index (χ1n) is 4.95. The van der Waals surface area contributed by atoms with Gasteiger partial charge in [0.2, 0.25) is 5.22 Å². The highest BCUT2D eigenvalue weighted by atomic mass is 35.5. The second-order valence-corrected chi connectivity index (χ2v) is 3.40. The summed E-state index contributed by atoms with van der Waals surface area (Å²) in [6.07, 6.45) is 2.04. The molecule has 0 aliphatic heterocycles. The van der Waals surface area contributed by atoms with Crippen LogP contribution in [0.3, 0.4) is 0 Å². The fourth-order valence-electron chi connectivity index (χ4n) is 1.09. The number of hydrogen-bond acceptors (Lipinski definition) is 4. The van der Waals surface area contributed by atoms with Crippen LogP contribution in [-0.2, 0) is 4.74 Å². The van der Waals surface area contributed by atoms with E-state index in [4.69, 9.17) is 25.9 Å². The number of aliphatic hydroxyl groups excluding tert-OH is 1. The molecule has 2 N–H and O–H groups in total. The SMILES string of the molecule is O=C(NCCCOCCO)c1ccoc1Cl. The molecule has 1 rings (SSSR count). The maximum atomic E-state index is 11.5. The zero-order chi connectivity index (χ0) is 11.8. The molecule has 0 aliphatic carbocycles. The number of nitrogens with one attached hydrogen (secondary N) is 1. The van der Waals surface area contributed by atoms with Gasteiger partial charge in [0.1, 0.15) is 0 Å². The summed E-state index contributed by atoms with van der Waals surface area (Å²) in [5.74, 6) is -0.263. The topological polar surface area (TPSA) is 71.7 Å². The van der Waals surface area contributed by atoms with E-state index in [1.54, 1.807) is 0 Å². The Kier molecular flexibility index (Phi) is 5.92. The summed E-state index contributed by atoms with van der Waals surface area (Å²) in [5, 5.41) is 11.2. The molecule has 1 aromatic heterocycles. The van der Waals surface area contributed by atoms with E-state index in [2.05, 4.69) is 5.32 Å². The number of carbonyl (C=O) groups excluding carboxylic acids is 1. The zero-order valence-corrected chi connectivity index (χ0v) is 9.50. The Morgan fingerprint density at radius 3 is 3.00 bits per heavy atom. The minimum Gasteiger partial charge on any atom is -0.452 e. The molecule has 6 heteroatoms. The van der Waals surface area contributed by atoms with Crippen LogP contribution in [-0.4, -0.2) is 37.4 Å². The number of halogens is 1. The Hall–Kier alpha value is -1.04. The van der Waals surface area contributed by atoms with Crippen LogP contribution < -0.4 is 5.32 Å². The monoisotopic (exact) mass is 247 g/mol. The molecule has 0 aliphatic rings. The molecule has 0 saturated heterocycles. The molecule has 0 atom stereocenters. The molecule has 0 aromatic carbocycles. The number of hydrogen-bond donors (Lipinski definition) is 2. The van der Waals surface area contributed by atoms with Crippen LogP contribution in [0.25, 0.3) is 0 Å². The summed E-state index contributed by atoms with van der Waals surface area (Å²) in [4.78, 5) is 11.5. The second kappa shape index (κ2) is 7.27. The average molecular weight is 248 g/mol. The van der Waals surface area contributed by atoms with Gasteiger partial charge in [-0.05, 0) is 24.1 Å².